The number of benzene rings is 2. The molecule has 0 aromatic heterocycles. The minimum absolute atomic E-state index is 0.0273. The van der Waals surface area contributed by atoms with Gasteiger partial charge < -0.3 is 5.32 Å². The van der Waals surface area contributed by atoms with Crippen molar-refractivity contribution < 1.29 is 13.2 Å². The lowest BCUT2D eigenvalue weighted by Gasteiger charge is -2.19. The van der Waals surface area contributed by atoms with E-state index in [9.17, 15) is 13.2 Å². The molecule has 5 nitrogen and oxygen atoms in total. The van der Waals surface area contributed by atoms with E-state index in [2.05, 4.69) is 17.4 Å². The molecule has 0 saturated heterocycles. The SMILES string of the molecule is CC(CCc1ccccc1)NC(=O)CN(C)S(=O)(=O)c1ccccc1. The van der Waals surface area contributed by atoms with Crippen molar-refractivity contribution >= 4 is 15.9 Å². The van der Waals surface area contributed by atoms with E-state index in [1.807, 2.05) is 25.1 Å². The first-order valence-electron chi connectivity index (χ1n) is 8.24. The van der Waals surface area contributed by atoms with Crippen LogP contribution in [0, 0.1) is 0 Å². The fourth-order valence-corrected chi connectivity index (χ4v) is 3.63. The van der Waals surface area contributed by atoms with Gasteiger partial charge in [-0.05, 0) is 37.5 Å². The Balaban J connectivity index is 1.84. The molecule has 2 rings (SSSR count). The molecule has 6 heteroatoms. The van der Waals surface area contributed by atoms with Crippen LogP contribution in [0.15, 0.2) is 65.6 Å². The highest BCUT2D eigenvalue weighted by atomic mass is 32.2. The summed E-state index contributed by atoms with van der Waals surface area (Å²) in [4.78, 5) is 12.3. The molecular weight excluding hydrogens is 336 g/mol. The van der Waals surface area contributed by atoms with Gasteiger partial charge >= 0.3 is 0 Å². The zero-order valence-electron chi connectivity index (χ0n) is 14.6. The highest BCUT2D eigenvalue weighted by Gasteiger charge is 2.23. The summed E-state index contributed by atoms with van der Waals surface area (Å²) in [6, 6.07) is 18.1. The summed E-state index contributed by atoms with van der Waals surface area (Å²) in [6.07, 6.45) is 1.66. The minimum atomic E-state index is -3.65. The predicted octanol–water partition coefficient (Wildman–Crippen LogP) is 2.44. The van der Waals surface area contributed by atoms with Crippen molar-refractivity contribution in [2.45, 2.75) is 30.7 Å². The second-order valence-electron chi connectivity index (χ2n) is 6.07. The maximum absolute atomic E-state index is 12.4. The van der Waals surface area contributed by atoms with E-state index in [-0.39, 0.29) is 23.4 Å². The molecule has 0 aliphatic carbocycles. The van der Waals surface area contributed by atoms with Crippen LogP contribution in [0.5, 0.6) is 0 Å². The molecule has 1 unspecified atom stereocenters. The van der Waals surface area contributed by atoms with Gasteiger partial charge in [0.1, 0.15) is 0 Å². The van der Waals surface area contributed by atoms with Crippen LogP contribution in [0.2, 0.25) is 0 Å². The number of carbonyl (C=O) groups is 1. The monoisotopic (exact) mass is 360 g/mol. The second kappa shape index (κ2) is 8.78. The maximum atomic E-state index is 12.4. The van der Waals surface area contributed by atoms with Gasteiger partial charge in [0.25, 0.3) is 0 Å². The Hall–Kier alpha value is -2.18. The van der Waals surface area contributed by atoms with Crippen molar-refractivity contribution in [2.24, 2.45) is 0 Å². The first-order chi connectivity index (χ1) is 11.9. The van der Waals surface area contributed by atoms with Crippen molar-refractivity contribution in [3.63, 3.8) is 0 Å². The summed E-state index contributed by atoms with van der Waals surface area (Å²) >= 11 is 0. The quantitative estimate of drug-likeness (QED) is 0.786. The van der Waals surface area contributed by atoms with Crippen LogP contribution in [0.4, 0.5) is 0 Å². The number of hydrogen-bond donors (Lipinski definition) is 1. The summed E-state index contributed by atoms with van der Waals surface area (Å²) in [5.41, 5.74) is 1.22. The molecular formula is C19H24N2O3S. The van der Waals surface area contributed by atoms with E-state index in [4.69, 9.17) is 0 Å². The molecule has 0 bridgehead atoms. The number of sulfonamides is 1. The molecule has 1 atom stereocenters. The van der Waals surface area contributed by atoms with Crippen LogP contribution >= 0.6 is 0 Å². The topological polar surface area (TPSA) is 66.5 Å². The van der Waals surface area contributed by atoms with Crippen LogP contribution in [-0.2, 0) is 21.2 Å². The molecule has 0 radical (unpaired) electrons. The summed E-state index contributed by atoms with van der Waals surface area (Å²) in [5, 5.41) is 2.86. The van der Waals surface area contributed by atoms with Crippen molar-refractivity contribution in [1.29, 1.82) is 0 Å². The average Bonchev–Trinajstić information content (AvgIpc) is 2.61. The molecule has 134 valence electrons. The number of aryl methyl sites for hydroxylation is 1. The molecule has 25 heavy (non-hydrogen) atoms. The minimum Gasteiger partial charge on any atom is -0.352 e. The van der Waals surface area contributed by atoms with Gasteiger partial charge in [-0.2, -0.15) is 4.31 Å². The Bertz CT molecular complexity index is 777. The Morgan fingerprint density at radius 1 is 1.04 bits per heavy atom. The predicted molar refractivity (Wildman–Crippen MR) is 98.6 cm³/mol. The summed E-state index contributed by atoms with van der Waals surface area (Å²) in [7, 11) is -2.24. The van der Waals surface area contributed by atoms with Crippen LogP contribution in [0.25, 0.3) is 0 Å². The fraction of sp³-hybridized carbons (Fsp3) is 0.316. The number of rotatable bonds is 8. The van der Waals surface area contributed by atoms with E-state index in [0.717, 1.165) is 17.1 Å². The maximum Gasteiger partial charge on any atom is 0.243 e. The summed E-state index contributed by atoms with van der Waals surface area (Å²) in [6.45, 7) is 1.72. The zero-order valence-corrected chi connectivity index (χ0v) is 15.4. The number of carbonyl (C=O) groups excluding carboxylic acids is 1. The number of hydrogen-bond acceptors (Lipinski definition) is 3. The van der Waals surface area contributed by atoms with E-state index < -0.39 is 10.0 Å². The lowest BCUT2D eigenvalue weighted by molar-refractivity contribution is -0.121. The Morgan fingerprint density at radius 3 is 2.20 bits per heavy atom. The molecule has 0 spiro atoms. The summed E-state index contributed by atoms with van der Waals surface area (Å²) in [5.74, 6) is -0.303. The fourth-order valence-electron chi connectivity index (χ4n) is 2.48. The molecule has 2 aromatic carbocycles. The van der Waals surface area contributed by atoms with Gasteiger partial charge in [0.15, 0.2) is 0 Å². The molecule has 1 amide bonds. The van der Waals surface area contributed by atoms with Gasteiger partial charge in [-0.1, -0.05) is 48.5 Å². The molecule has 0 aliphatic rings. The largest absolute Gasteiger partial charge is 0.352 e. The number of nitrogens with one attached hydrogen (secondary N) is 1. The van der Waals surface area contributed by atoms with Crippen molar-refractivity contribution in [3.8, 4) is 0 Å². The Labute approximate surface area is 149 Å². The van der Waals surface area contributed by atoms with Gasteiger partial charge in [-0.25, -0.2) is 8.42 Å². The molecule has 0 aliphatic heterocycles. The van der Waals surface area contributed by atoms with Crippen LogP contribution in [0.1, 0.15) is 18.9 Å². The van der Waals surface area contributed by atoms with E-state index in [1.165, 1.54) is 24.7 Å². The smallest absolute Gasteiger partial charge is 0.243 e. The van der Waals surface area contributed by atoms with Gasteiger partial charge in [-0.3, -0.25) is 4.79 Å². The molecule has 0 fully saturated rings. The highest BCUT2D eigenvalue weighted by molar-refractivity contribution is 7.89. The third-order valence-corrected chi connectivity index (χ3v) is 5.75. The van der Waals surface area contributed by atoms with Crippen LogP contribution in [0.3, 0.4) is 0 Å². The molecule has 2 aromatic rings. The average molecular weight is 360 g/mol. The normalized spacial score (nSPS) is 12.8. The third-order valence-electron chi connectivity index (χ3n) is 3.93. The van der Waals surface area contributed by atoms with Crippen molar-refractivity contribution in [3.05, 3.63) is 66.2 Å². The van der Waals surface area contributed by atoms with Gasteiger partial charge in [0.05, 0.1) is 11.4 Å². The summed E-state index contributed by atoms with van der Waals surface area (Å²) < 4.78 is 25.9. The molecule has 1 N–H and O–H groups in total. The van der Waals surface area contributed by atoms with E-state index in [1.54, 1.807) is 18.2 Å². The first-order valence-corrected chi connectivity index (χ1v) is 9.68. The van der Waals surface area contributed by atoms with Crippen molar-refractivity contribution in [1.82, 2.24) is 9.62 Å². The standard InChI is InChI=1S/C19H24N2O3S/c1-16(13-14-17-9-5-3-6-10-17)20-19(22)15-21(2)25(23,24)18-11-7-4-8-12-18/h3-12,16H,13-15H2,1-2H3,(H,20,22). The molecule has 0 saturated carbocycles. The van der Waals surface area contributed by atoms with Crippen LogP contribution in [-0.4, -0.2) is 38.3 Å². The number of amides is 1. The first kappa shape index (κ1) is 19.1. The molecule has 0 heterocycles. The number of nitrogens with zero attached hydrogens (tertiary/aromatic N) is 1. The van der Waals surface area contributed by atoms with Gasteiger partial charge in [0, 0.05) is 13.1 Å². The Morgan fingerprint density at radius 2 is 1.60 bits per heavy atom. The third kappa shape index (κ3) is 5.69. The van der Waals surface area contributed by atoms with E-state index in [0.29, 0.717) is 0 Å². The highest BCUT2D eigenvalue weighted by Crippen LogP contribution is 2.13. The van der Waals surface area contributed by atoms with Crippen LogP contribution < -0.4 is 5.32 Å². The lowest BCUT2D eigenvalue weighted by Crippen LogP contribution is -2.41. The number of likely N-dealkylation sites (N-methyl/N-ethyl adjacent to an activating group) is 1. The van der Waals surface area contributed by atoms with E-state index >= 15 is 0 Å². The second-order valence-corrected chi connectivity index (χ2v) is 8.11. The zero-order chi connectivity index (χ0) is 18.3. The van der Waals surface area contributed by atoms with Gasteiger partial charge in [-0.15, -0.1) is 0 Å². The van der Waals surface area contributed by atoms with Gasteiger partial charge in [0.2, 0.25) is 15.9 Å². The lowest BCUT2D eigenvalue weighted by atomic mass is 10.1. The Kier molecular flexibility index (Phi) is 6.73. The van der Waals surface area contributed by atoms with Crippen molar-refractivity contribution in [2.75, 3.05) is 13.6 Å².